The fraction of sp³-hybridized carbons (Fsp3) is 0.607. The zero-order valence-corrected chi connectivity index (χ0v) is 21.8. The molecule has 1 saturated heterocycles. The monoisotopic (exact) mass is 533 g/mol. The highest BCUT2D eigenvalue weighted by molar-refractivity contribution is 5.79. The first kappa shape index (κ1) is 30.9. The highest BCUT2D eigenvalue weighted by Gasteiger charge is 2.37. The van der Waals surface area contributed by atoms with Gasteiger partial charge in [0.25, 0.3) is 0 Å². The Labute approximate surface area is 215 Å². The van der Waals surface area contributed by atoms with Gasteiger partial charge in [-0.3, -0.25) is 4.79 Å². The van der Waals surface area contributed by atoms with E-state index in [9.17, 15) is 31.1 Å². The van der Waals surface area contributed by atoms with Crippen LogP contribution in [0.4, 0.5) is 26.3 Å². The van der Waals surface area contributed by atoms with Crippen molar-refractivity contribution in [3.8, 4) is 0 Å². The minimum atomic E-state index is -4.90. The summed E-state index contributed by atoms with van der Waals surface area (Å²) in [4.78, 5) is 14.6. The van der Waals surface area contributed by atoms with E-state index in [1.165, 1.54) is 6.92 Å². The summed E-state index contributed by atoms with van der Waals surface area (Å²) in [7, 11) is 0. The van der Waals surface area contributed by atoms with Gasteiger partial charge in [0.2, 0.25) is 5.91 Å². The van der Waals surface area contributed by atoms with Gasteiger partial charge in [-0.25, -0.2) is 0 Å². The average Bonchev–Trinajstić information content (AvgIpc) is 3.15. The maximum Gasteiger partial charge on any atom is 0.416 e. The zero-order valence-electron chi connectivity index (χ0n) is 21.8. The number of benzene rings is 1. The molecule has 0 N–H and O–H groups in total. The fourth-order valence-electron chi connectivity index (χ4n) is 4.70. The molecule has 37 heavy (non-hydrogen) atoms. The summed E-state index contributed by atoms with van der Waals surface area (Å²) in [5.74, 6) is 0.928. The molecule has 3 nitrogen and oxygen atoms in total. The number of allylic oxidation sites excluding steroid dienone is 3. The molecule has 0 spiro atoms. The van der Waals surface area contributed by atoms with Crippen LogP contribution in [0.15, 0.2) is 42.5 Å². The molecule has 0 aliphatic carbocycles. The lowest BCUT2D eigenvalue weighted by Gasteiger charge is -2.28. The highest BCUT2D eigenvalue weighted by Crippen LogP contribution is 2.38. The first-order chi connectivity index (χ1) is 17.2. The van der Waals surface area contributed by atoms with Crippen LogP contribution in [0.5, 0.6) is 0 Å². The van der Waals surface area contributed by atoms with Crippen molar-refractivity contribution in [3.63, 3.8) is 0 Å². The topological polar surface area (TPSA) is 29.5 Å². The van der Waals surface area contributed by atoms with Crippen molar-refractivity contribution in [1.82, 2.24) is 4.90 Å². The number of hydrogen-bond acceptors (Lipinski definition) is 2. The Morgan fingerprint density at radius 2 is 1.65 bits per heavy atom. The van der Waals surface area contributed by atoms with Crippen LogP contribution >= 0.6 is 0 Å². The second-order valence-electron chi connectivity index (χ2n) is 10.1. The minimum absolute atomic E-state index is 0.0459. The fourth-order valence-corrected chi connectivity index (χ4v) is 4.70. The molecule has 3 atom stereocenters. The van der Waals surface area contributed by atoms with E-state index in [1.807, 2.05) is 36.1 Å². The van der Waals surface area contributed by atoms with Gasteiger partial charge in [-0.15, -0.1) is 0 Å². The van der Waals surface area contributed by atoms with Crippen molar-refractivity contribution < 1.29 is 35.9 Å². The molecule has 1 aliphatic heterocycles. The van der Waals surface area contributed by atoms with Gasteiger partial charge in [0.1, 0.15) is 0 Å². The van der Waals surface area contributed by atoms with E-state index < -0.39 is 29.6 Å². The van der Waals surface area contributed by atoms with Gasteiger partial charge in [0, 0.05) is 25.6 Å². The summed E-state index contributed by atoms with van der Waals surface area (Å²) >= 11 is 0. The highest BCUT2D eigenvalue weighted by atomic mass is 19.4. The van der Waals surface area contributed by atoms with E-state index >= 15 is 0 Å². The molecule has 1 fully saturated rings. The Hall–Kier alpha value is -2.29. The largest absolute Gasteiger partial charge is 0.416 e. The van der Waals surface area contributed by atoms with E-state index in [2.05, 4.69) is 13.8 Å². The smallest absolute Gasteiger partial charge is 0.374 e. The van der Waals surface area contributed by atoms with Crippen LogP contribution in [0.25, 0.3) is 0 Å². The molecule has 1 aromatic carbocycles. The molecule has 2 rings (SSSR count). The summed E-state index contributed by atoms with van der Waals surface area (Å²) in [5.41, 5.74) is -2.90. The van der Waals surface area contributed by atoms with Gasteiger partial charge < -0.3 is 9.64 Å². The summed E-state index contributed by atoms with van der Waals surface area (Å²) in [6, 6.07) is 1.47. The Kier molecular flexibility index (Phi) is 11.3. The third-order valence-electron chi connectivity index (χ3n) is 6.46. The van der Waals surface area contributed by atoms with E-state index in [-0.39, 0.29) is 30.2 Å². The molecule has 2 unspecified atom stereocenters. The molecule has 0 bridgehead atoms. The minimum Gasteiger partial charge on any atom is -0.374 e. The number of ether oxygens (including phenoxy) is 1. The van der Waals surface area contributed by atoms with E-state index in [0.29, 0.717) is 56.2 Å². The van der Waals surface area contributed by atoms with E-state index in [0.717, 1.165) is 6.42 Å². The van der Waals surface area contributed by atoms with Gasteiger partial charge in [-0.05, 0) is 75.1 Å². The molecular weight excluding hydrogens is 496 g/mol. The molecule has 1 amide bonds. The zero-order chi connectivity index (χ0) is 27.8. The van der Waals surface area contributed by atoms with Gasteiger partial charge >= 0.3 is 12.4 Å². The lowest BCUT2D eigenvalue weighted by Crippen LogP contribution is -2.36. The predicted molar refractivity (Wildman–Crippen MR) is 132 cm³/mol. The average molecular weight is 534 g/mol. The van der Waals surface area contributed by atoms with Crippen molar-refractivity contribution in [3.05, 3.63) is 59.2 Å². The van der Waals surface area contributed by atoms with Gasteiger partial charge in [-0.1, -0.05) is 38.2 Å². The van der Waals surface area contributed by atoms with Crippen molar-refractivity contribution in [2.45, 2.75) is 84.3 Å². The normalized spacial score (nSPS) is 19.1. The standard InChI is InChI=1S/C28H37F6NO2/c1-5-6-7-8-10-25(35-18-21(13-19(2)3)14-26(35)36)11-9-12-37-20(4)22-15-23(27(29,30)31)17-24(16-22)28(32,33)34/h5-8,15-17,19-21,25H,9-14,18H2,1-4H3/b6-5-,8-7-/t20-,21?,25?/m1/s1. The Bertz CT molecular complexity index is 903. The molecule has 1 heterocycles. The number of carbonyl (C=O) groups is 1. The third-order valence-corrected chi connectivity index (χ3v) is 6.46. The van der Waals surface area contributed by atoms with Gasteiger partial charge in [0.05, 0.1) is 17.2 Å². The molecule has 9 heteroatoms. The molecule has 208 valence electrons. The lowest BCUT2D eigenvalue weighted by atomic mass is 9.96. The molecule has 0 aromatic heterocycles. The molecule has 0 radical (unpaired) electrons. The van der Waals surface area contributed by atoms with E-state index in [4.69, 9.17) is 4.74 Å². The summed E-state index contributed by atoms with van der Waals surface area (Å²) in [5, 5.41) is 0. The lowest BCUT2D eigenvalue weighted by molar-refractivity contribution is -0.143. The predicted octanol–water partition coefficient (Wildman–Crippen LogP) is 8.37. The van der Waals surface area contributed by atoms with Gasteiger partial charge in [0.15, 0.2) is 0 Å². The number of hydrogen-bond donors (Lipinski definition) is 0. The number of carbonyl (C=O) groups excluding carboxylic acids is 1. The second kappa shape index (κ2) is 13.5. The quantitative estimate of drug-likeness (QED) is 0.153. The van der Waals surface area contributed by atoms with Crippen molar-refractivity contribution >= 4 is 5.91 Å². The number of amides is 1. The molecule has 0 saturated carbocycles. The SMILES string of the molecule is C/C=C\C=C/CC(CCCO[C@H](C)c1cc(C(F)(F)F)cc(C(F)(F)F)c1)N1CC(CC(C)C)CC1=O. The van der Waals surface area contributed by atoms with Crippen molar-refractivity contribution in [2.75, 3.05) is 13.2 Å². The maximum atomic E-state index is 13.2. The van der Waals surface area contributed by atoms with Crippen molar-refractivity contribution in [2.24, 2.45) is 11.8 Å². The number of halogens is 6. The summed E-state index contributed by atoms with van der Waals surface area (Å²) in [6.07, 6.45) is 0.236. The Morgan fingerprint density at radius 1 is 1.03 bits per heavy atom. The molecular formula is C28H37F6NO2. The Morgan fingerprint density at radius 3 is 2.19 bits per heavy atom. The molecule has 1 aliphatic rings. The maximum absolute atomic E-state index is 13.2. The van der Waals surface area contributed by atoms with Crippen LogP contribution in [0.1, 0.15) is 82.6 Å². The number of alkyl halides is 6. The first-order valence-electron chi connectivity index (χ1n) is 12.7. The van der Waals surface area contributed by atoms with Crippen LogP contribution in [0, 0.1) is 11.8 Å². The van der Waals surface area contributed by atoms with E-state index in [1.54, 1.807) is 0 Å². The van der Waals surface area contributed by atoms with Crippen LogP contribution in [-0.2, 0) is 21.9 Å². The van der Waals surface area contributed by atoms with Crippen LogP contribution in [-0.4, -0.2) is 30.0 Å². The number of rotatable bonds is 12. The summed E-state index contributed by atoms with van der Waals surface area (Å²) in [6.45, 7) is 8.44. The summed E-state index contributed by atoms with van der Waals surface area (Å²) < 4.78 is 84.7. The first-order valence-corrected chi connectivity index (χ1v) is 12.7. The van der Waals surface area contributed by atoms with Crippen LogP contribution in [0.3, 0.4) is 0 Å². The van der Waals surface area contributed by atoms with Crippen LogP contribution < -0.4 is 0 Å². The number of nitrogens with zero attached hydrogens (tertiary/aromatic N) is 1. The van der Waals surface area contributed by atoms with Gasteiger partial charge in [-0.2, -0.15) is 26.3 Å². The third kappa shape index (κ3) is 9.83. The van der Waals surface area contributed by atoms with Crippen molar-refractivity contribution in [1.29, 1.82) is 0 Å². The second-order valence-corrected chi connectivity index (χ2v) is 10.1. The van der Waals surface area contributed by atoms with Crippen LogP contribution in [0.2, 0.25) is 0 Å². The molecule has 1 aromatic rings. The Balaban J connectivity index is 2.05. The number of likely N-dealkylation sites (tertiary alicyclic amines) is 1.